The molecule has 0 spiro atoms. The highest BCUT2D eigenvalue weighted by atomic mass is 79.9. The lowest BCUT2D eigenvalue weighted by atomic mass is 10.3. The topological polar surface area (TPSA) is 37.4 Å². The van der Waals surface area contributed by atoms with E-state index in [1.54, 1.807) is 0 Å². The third kappa shape index (κ3) is 3.31. The number of nitrogens with zero attached hydrogens (tertiary/aromatic N) is 1. The van der Waals surface area contributed by atoms with E-state index in [-0.39, 0.29) is 15.9 Å². The Morgan fingerprint density at radius 2 is 2.17 bits per heavy atom. The summed E-state index contributed by atoms with van der Waals surface area (Å²) in [5.74, 6) is 1.82. The molecular weight excluding hydrogens is 321 g/mol. The van der Waals surface area contributed by atoms with Crippen LogP contribution in [0.15, 0.2) is 27.6 Å². The predicted octanol–water partition coefficient (Wildman–Crippen LogP) is 2.62. The van der Waals surface area contributed by atoms with E-state index in [2.05, 4.69) is 21.9 Å². The van der Waals surface area contributed by atoms with Gasteiger partial charge >= 0.3 is 0 Å². The first-order valence-electron chi connectivity index (χ1n) is 5.32. The Labute approximate surface area is 115 Å². The summed E-state index contributed by atoms with van der Waals surface area (Å²) in [5.41, 5.74) is 0. The van der Waals surface area contributed by atoms with Gasteiger partial charge in [0.1, 0.15) is 5.82 Å². The van der Waals surface area contributed by atoms with Gasteiger partial charge in [0.2, 0.25) is 10.0 Å². The first-order chi connectivity index (χ1) is 8.43. The van der Waals surface area contributed by atoms with Gasteiger partial charge in [-0.3, -0.25) is 0 Å². The van der Waals surface area contributed by atoms with Crippen LogP contribution in [0.3, 0.4) is 0 Å². The fourth-order valence-electron chi connectivity index (χ4n) is 1.46. The minimum Gasteiger partial charge on any atom is -0.207 e. The van der Waals surface area contributed by atoms with Crippen molar-refractivity contribution in [1.82, 2.24) is 4.31 Å². The van der Waals surface area contributed by atoms with Crippen LogP contribution in [0.1, 0.15) is 13.3 Å². The summed E-state index contributed by atoms with van der Waals surface area (Å²) in [6, 6.07) is 3.46. The first-order valence-corrected chi connectivity index (χ1v) is 7.55. The third-order valence-corrected chi connectivity index (χ3v) is 5.07. The Balaban J connectivity index is 3.22. The molecule has 3 nitrogen and oxygen atoms in total. The van der Waals surface area contributed by atoms with Crippen molar-refractivity contribution < 1.29 is 12.8 Å². The van der Waals surface area contributed by atoms with Gasteiger partial charge in [-0.25, -0.2) is 12.8 Å². The Hall–Kier alpha value is -0.900. The van der Waals surface area contributed by atoms with Crippen molar-refractivity contribution in [3.05, 3.63) is 28.5 Å². The second kappa shape index (κ2) is 6.32. The SMILES string of the molecule is C#CCN(CCC)S(=O)(=O)c1ccc(F)cc1Br. The zero-order chi connectivity index (χ0) is 13.8. The molecule has 0 aliphatic rings. The van der Waals surface area contributed by atoms with Crippen LogP contribution in [-0.2, 0) is 10.0 Å². The molecule has 0 N–H and O–H groups in total. The Morgan fingerprint density at radius 1 is 1.50 bits per heavy atom. The number of rotatable bonds is 5. The molecule has 0 saturated heterocycles. The van der Waals surface area contributed by atoms with E-state index in [1.807, 2.05) is 6.92 Å². The maximum Gasteiger partial charge on any atom is 0.245 e. The van der Waals surface area contributed by atoms with Crippen LogP contribution in [-0.4, -0.2) is 25.8 Å². The number of terminal acetylenes is 1. The molecule has 98 valence electrons. The molecule has 18 heavy (non-hydrogen) atoms. The highest BCUT2D eigenvalue weighted by molar-refractivity contribution is 9.10. The van der Waals surface area contributed by atoms with E-state index in [9.17, 15) is 12.8 Å². The number of hydrogen-bond acceptors (Lipinski definition) is 2. The molecule has 0 saturated carbocycles. The summed E-state index contributed by atoms with van der Waals surface area (Å²) in [6.07, 6.45) is 5.82. The van der Waals surface area contributed by atoms with Crippen molar-refractivity contribution in [3.8, 4) is 12.3 Å². The first kappa shape index (κ1) is 15.2. The Bertz CT molecular complexity index is 566. The minimum atomic E-state index is -3.70. The molecule has 0 heterocycles. The summed E-state index contributed by atoms with van der Waals surface area (Å²) in [7, 11) is -3.70. The lowest BCUT2D eigenvalue weighted by Crippen LogP contribution is -2.32. The highest BCUT2D eigenvalue weighted by Crippen LogP contribution is 2.25. The van der Waals surface area contributed by atoms with E-state index in [0.29, 0.717) is 13.0 Å². The van der Waals surface area contributed by atoms with Crippen molar-refractivity contribution in [1.29, 1.82) is 0 Å². The Morgan fingerprint density at radius 3 is 2.67 bits per heavy atom. The molecule has 1 rings (SSSR count). The molecular formula is C12H13BrFNO2S. The van der Waals surface area contributed by atoms with Crippen LogP contribution in [0.5, 0.6) is 0 Å². The van der Waals surface area contributed by atoms with Crippen LogP contribution in [0, 0.1) is 18.2 Å². The summed E-state index contributed by atoms with van der Waals surface area (Å²) < 4.78 is 39.0. The van der Waals surface area contributed by atoms with Gasteiger partial charge in [-0.15, -0.1) is 6.42 Å². The lowest BCUT2D eigenvalue weighted by molar-refractivity contribution is 0.445. The van der Waals surface area contributed by atoms with Crippen molar-refractivity contribution in [2.24, 2.45) is 0 Å². The van der Waals surface area contributed by atoms with Gasteiger partial charge in [-0.05, 0) is 40.5 Å². The molecule has 6 heteroatoms. The fraction of sp³-hybridized carbons (Fsp3) is 0.333. The average molecular weight is 334 g/mol. The second-order valence-corrected chi connectivity index (χ2v) is 6.38. The van der Waals surface area contributed by atoms with E-state index in [4.69, 9.17) is 6.42 Å². The number of benzene rings is 1. The zero-order valence-electron chi connectivity index (χ0n) is 9.86. The van der Waals surface area contributed by atoms with Crippen LogP contribution in [0.4, 0.5) is 4.39 Å². The number of sulfonamides is 1. The minimum absolute atomic E-state index is 0.0000102. The number of hydrogen-bond donors (Lipinski definition) is 0. The molecule has 0 aromatic heterocycles. The van der Waals surface area contributed by atoms with Gasteiger partial charge in [0.25, 0.3) is 0 Å². The van der Waals surface area contributed by atoms with Crippen LogP contribution in [0.2, 0.25) is 0 Å². The van der Waals surface area contributed by atoms with Crippen molar-refractivity contribution in [2.75, 3.05) is 13.1 Å². The molecule has 1 aromatic rings. The predicted molar refractivity (Wildman–Crippen MR) is 72.0 cm³/mol. The van der Waals surface area contributed by atoms with Crippen LogP contribution < -0.4 is 0 Å². The molecule has 0 fully saturated rings. The summed E-state index contributed by atoms with van der Waals surface area (Å²) >= 11 is 3.06. The molecule has 0 radical (unpaired) electrons. The van der Waals surface area contributed by atoms with Crippen molar-refractivity contribution >= 4 is 26.0 Å². The largest absolute Gasteiger partial charge is 0.245 e. The maximum absolute atomic E-state index is 13.0. The summed E-state index contributed by atoms with van der Waals surface area (Å²) in [4.78, 5) is 0.0209. The summed E-state index contributed by atoms with van der Waals surface area (Å²) in [6.45, 7) is 2.19. The quantitative estimate of drug-likeness (QED) is 0.777. The fourth-order valence-corrected chi connectivity index (χ4v) is 3.91. The lowest BCUT2D eigenvalue weighted by Gasteiger charge is -2.19. The Kier molecular flexibility index (Phi) is 5.32. The van der Waals surface area contributed by atoms with E-state index < -0.39 is 15.8 Å². The normalized spacial score (nSPS) is 11.5. The molecule has 0 aliphatic carbocycles. The standard InChI is InChI=1S/C12H13BrFNO2S/c1-3-7-15(8-4-2)18(16,17)12-6-5-10(14)9-11(12)13/h1,5-6,9H,4,7-8H2,2H3. The molecule has 0 bridgehead atoms. The highest BCUT2D eigenvalue weighted by Gasteiger charge is 2.25. The van der Waals surface area contributed by atoms with Gasteiger partial charge in [0.15, 0.2) is 0 Å². The van der Waals surface area contributed by atoms with Crippen LogP contribution in [0.25, 0.3) is 0 Å². The molecule has 0 aliphatic heterocycles. The monoisotopic (exact) mass is 333 g/mol. The van der Waals surface area contributed by atoms with Gasteiger partial charge < -0.3 is 0 Å². The van der Waals surface area contributed by atoms with E-state index in [0.717, 1.165) is 12.1 Å². The molecule has 0 amide bonds. The van der Waals surface area contributed by atoms with Gasteiger partial charge in [-0.2, -0.15) is 4.31 Å². The molecule has 1 aromatic carbocycles. The van der Waals surface area contributed by atoms with Crippen molar-refractivity contribution in [2.45, 2.75) is 18.2 Å². The van der Waals surface area contributed by atoms with Gasteiger partial charge in [0.05, 0.1) is 11.4 Å². The van der Waals surface area contributed by atoms with E-state index in [1.165, 1.54) is 10.4 Å². The van der Waals surface area contributed by atoms with Gasteiger partial charge in [-0.1, -0.05) is 12.8 Å². The third-order valence-electron chi connectivity index (χ3n) is 2.25. The number of halogens is 2. The van der Waals surface area contributed by atoms with E-state index >= 15 is 0 Å². The van der Waals surface area contributed by atoms with Crippen LogP contribution >= 0.6 is 15.9 Å². The second-order valence-electron chi connectivity index (χ2n) is 3.62. The maximum atomic E-state index is 13.0. The van der Waals surface area contributed by atoms with Crippen molar-refractivity contribution in [3.63, 3.8) is 0 Å². The smallest absolute Gasteiger partial charge is 0.207 e. The summed E-state index contributed by atoms with van der Waals surface area (Å²) in [5, 5.41) is 0. The van der Waals surface area contributed by atoms with Gasteiger partial charge in [0, 0.05) is 11.0 Å². The average Bonchev–Trinajstić information content (AvgIpc) is 2.28. The zero-order valence-corrected chi connectivity index (χ0v) is 12.3. The molecule has 0 atom stereocenters. The molecule has 0 unspecified atom stereocenters.